The van der Waals surface area contributed by atoms with Gasteiger partial charge < -0.3 is 30.5 Å². The van der Waals surface area contributed by atoms with Crippen LogP contribution in [0.3, 0.4) is 0 Å². The number of carbonyl (C=O) groups is 4. The summed E-state index contributed by atoms with van der Waals surface area (Å²) in [7, 11) is 4.32. The monoisotopic (exact) mass is 719 g/mol. The number of methoxy groups -OCH3 is 2. The molecule has 0 aliphatic heterocycles. The van der Waals surface area contributed by atoms with Crippen molar-refractivity contribution in [1.29, 1.82) is 0 Å². The molecule has 5 N–H and O–H groups in total. The number of benzene rings is 3. The molecule has 52 heavy (non-hydrogen) atoms. The SMILES string of the molecule is CC[C@H](O)C(Cc1ccccc1)NC(=O)[C@@H](NC(=O)OC)C(C)C.COC(=O)N[C@H](C(=O)NN(C)Cc1ccc(-c2ccccc2)cc1)C(C)(C)C. The molecule has 0 saturated carbocycles. The zero-order chi connectivity index (χ0) is 38.8. The van der Waals surface area contributed by atoms with Gasteiger partial charge in [-0.25, -0.2) is 14.6 Å². The lowest BCUT2D eigenvalue weighted by molar-refractivity contribution is -0.130. The standard InChI is InChI=1S/C22H29N3O3.C18H28N2O4/c1-22(2,3)19(23-21(27)28-5)20(26)24-25(4)15-16-11-13-18(14-12-16)17-9-7-6-8-10-17;1-5-15(21)14(11-13-9-7-6-8-10-13)19-17(22)16(12(2)3)20-18(23)24-4/h6-14,19H,15H2,1-5H3,(H,23,27)(H,24,26);6-10,12,14-16,21H,5,11H2,1-4H3,(H,19,22)(H,20,23)/t19-;14?,15-,16-/m10/s1. The van der Waals surface area contributed by atoms with Crippen LogP contribution in [0.25, 0.3) is 11.1 Å². The van der Waals surface area contributed by atoms with Crippen molar-refractivity contribution >= 4 is 24.0 Å². The number of rotatable bonds is 14. The van der Waals surface area contributed by atoms with E-state index in [0.29, 0.717) is 19.4 Å². The van der Waals surface area contributed by atoms with Crippen molar-refractivity contribution in [3.63, 3.8) is 0 Å². The summed E-state index contributed by atoms with van der Waals surface area (Å²) in [6, 6.07) is 26.2. The summed E-state index contributed by atoms with van der Waals surface area (Å²) in [6.45, 7) is 11.7. The molecule has 3 rings (SSSR count). The van der Waals surface area contributed by atoms with Gasteiger partial charge in [-0.05, 0) is 46.4 Å². The molecule has 0 aliphatic carbocycles. The first kappa shape index (κ1) is 43.2. The van der Waals surface area contributed by atoms with Gasteiger partial charge in [0, 0.05) is 13.6 Å². The van der Waals surface area contributed by atoms with Gasteiger partial charge in [-0.15, -0.1) is 0 Å². The third kappa shape index (κ3) is 14.7. The Kier molecular flexibility index (Phi) is 17.8. The van der Waals surface area contributed by atoms with Gasteiger partial charge in [-0.1, -0.05) is 126 Å². The summed E-state index contributed by atoms with van der Waals surface area (Å²) >= 11 is 0. The molecule has 0 aliphatic rings. The zero-order valence-electron chi connectivity index (χ0n) is 31.9. The molecule has 0 saturated heterocycles. The number of nitrogens with zero attached hydrogens (tertiary/aromatic N) is 1. The van der Waals surface area contributed by atoms with Crippen molar-refractivity contribution < 1.29 is 33.8 Å². The number of aliphatic hydroxyl groups is 1. The summed E-state index contributed by atoms with van der Waals surface area (Å²) in [5.74, 6) is -0.731. The first-order valence-electron chi connectivity index (χ1n) is 17.5. The molecule has 0 spiro atoms. The number of aliphatic hydroxyl groups excluding tert-OH is 1. The molecule has 0 fully saturated rings. The minimum Gasteiger partial charge on any atom is -0.453 e. The Morgan fingerprint density at radius 3 is 1.75 bits per heavy atom. The number of ether oxygens (including phenoxy) is 2. The van der Waals surface area contributed by atoms with E-state index >= 15 is 0 Å². The third-order valence-corrected chi connectivity index (χ3v) is 8.27. The minimum atomic E-state index is -0.722. The number of hydrogen-bond acceptors (Lipinski definition) is 8. The third-order valence-electron chi connectivity index (χ3n) is 8.27. The van der Waals surface area contributed by atoms with E-state index in [1.165, 1.54) is 14.2 Å². The summed E-state index contributed by atoms with van der Waals surface area (Å²) in [6.07, 6.45) is -0.909. The van der Waals surface area contributed by atoms with E-state index in [9.17, 15) is 24.3 Å². The lowest BCUT2D eigenvalue weighted by Crippen LogP contribution is -2.56. The van der Waals surface area contributed by atoms with Gasteiger partial charge in [0.05, 0.1) is 26.4 Å². The number of hydrogen-bond donors (Lipinski definition) is 5. The fourth-order valence-electron chi connectivity index (χ4n) is 5.28. The number of alkyl carbamates (subject to hydrolysis) is 2. The van der Waals surface area contributed by atoms with E-state index in [1.54, 1.807) is 12.1 Å². The van der Waals surface area contributed by atoms with Crippen LogP contribution in [0, 0.1) is 11.3 Å². The summed E-state index contributed by atoms with van der Waals surface area (Å²) in [5, 5.41) is 20.0. The van der Waals surface area contributed by atoms with Gasteiger partial charge in [-0.2, -0.15) is 0 Å². The minimum absolute atomic E-state index is 0.111. The van der Waals surface area contributed by atoms with Crippen molar-refractivity contribution in [1.82, 2.24) is 26.4 Å². The van der Waals surface area contributed by atoms with Crippen LogP contribution in [0.5, 0.6) is 0 Å². The molecule has 12 nitrogen and oxygen atoms in total. The van der Waals surface area contributed by atoms with Crippen LogP contribution in [0.2, 0.25) is 0 Å². The molecular weight excluding hydrogens is 662 g/mol. The highest BCUT2D eigenvalue weighted by atomic mass is 16.5. The number of carbonyl (C=O) groups excluding carboxylic acids is 4. The molecule has 3 aromatic rings. The van der Waals surface area contributed by atoms with E-state index < -0.39 is 41.8 Å². The second-order valence-corrected chi connectivity index (χ2v) is 14.0. The van der Waals surface area contributed by atoms with Crippen molar-refractivity contribution in [2.75, 3.05) is 21.3 Å². The number of nitrogens with one attached hydrogen (secondary N) is 4. The number of amides is 4. The van der Waals surface area contributed by atoms with Crippen LogP contribution in [0.1, 0.15) is 59.1 Å². The van der Waals surface area contributed by atoms with Crippen molar-refractivity contribution in [2.45, 2.75) is 85.2 Å². The van der Waals surface area contributed by atoms with Crippen molar-refractivity contribution in [3.8, 4) is 11.1 Å². The fourth-order valence-corrected chi connectivity index (χ4v) is 5.28. The molecule has 12 heteroatoms. The Labute approximate surface area is 308 Å². The molecular formula is C40H57N5O7. The highest BCUT2D eigenvalue weighted by Gasteiger charge is 2.34. The zero-order valence-corrected chi connectivity index (χ0v) is 31.9. The molecule has 4 amide bonds. The van der Waals surface area contributed by atoms with E-state index in [1.807, 2.05) is 102 Å². The summed E-state index contributed by atoms with van der Waals surface area (Å²) in [4.78, 5) is 48.2. The Hall–Kier alpha value is -4.94. The molecule has 4 atom stereocenters. The van der Waals surface area contributed by atoms with Crippen molar-refractivity contribution in [3.05, 3.63) is 96.1 Å². The van der Waals surface area contributed by atoms with E-state index in [2.05, 4.69) is 55.1 Å². The van der Waals surface area contributed by atoms with Gasteiger partial charge in [0.15, 0.2) is 0 Å². The van der Waals surface area contributed by atoms with Gasteiger partial charge in [-0.3, -0.25) is 15.0 Å². The van der Waals surface area contributed by atoms with Gasteiger partial charge >= 0.3 is 12.2 Å². The average molecular weight is 720 g/mol. The van der Waals surface area contributed by atoms with Crippen LogP contribution in [-0.4, -0.2) is 79.6 Å². The Bertz CT molecular complexity index is 1530. The Balaban J connectivity index is 0.000000365. The highest BCUT2D eigenvalue weighted by Crippen LogP contribution is 2.21. The topological polar surface area (TPSA) is 158 Å². The summed E-state index contributed by atoms with van der Waals surface area (Å²) < 4.78 is 9.20. The quantitative estimate of drug-likeness (QED) is 0.138. The maximum Gasteiger partial charge on any atom is 0.407 e. The number of hydrazine groups is 1. The molecule has 0 aromatic heterocycles. The molecule has 3 aromatic carbocycles. The van der Waals surface area contributed by atoms with Crippen molar-refractivity contribution in [2.24, 2.45) is 11.3 Å². The maximum atomic E-state index is 12.7. The second-order valence-electron chi connectivity index (χ2n) is 14.0. The van der Waals surface area contributed by atoms with E-state index in [0.717, 1.165) is 22.3 Å². The second kappa shape index (κ2) is 21.4. The predicted molar refractivity (Wildman–Crippen MR) is 203 cm³/mol. The van der Waals surface area contributed by atoms with Crippen LogP contribution >= 0.6 is 0 Å². The maximum absolute atomic E-state index is 12.7. The first-order valence-corrected chi connectivity index (χ1v) is 17.5. The summed E-state index contributed by atoms with van der Waals surface area (Å²) in [5.41, 5.74) is 6.77. The molecule has 0 heterocycles. The lowest BCUT2D eigenvalue weighted by Gasteiger charge is -2.31. The van der Waals surface area contributed by atoms with Gasteiger partial charge in [0.1, 0.15) is 12.1 Å². The van der Waals surface area contributed by atoms with E-state index in [4.69, 9.17) is 0 Å². The Morgan fingerprint density at radius 2 is 1.25 bits per heavy atom. The normalized spacial score (nSPS) is 13.4. The highest BCUT2D eigenvalue weighted by molar-refractivity contribution is 5.86. The first-order chi connectivity index (χ1) is 24.6. The van der Waals surface area contributed by atoms with Crippen LogP contribution in [0.15, 0.2) is 84.9 Å². The fraction of sp³-hybridized carbons (Fsp3) is 0.450. The van der Waals surface area contributed by atoms with E-state index in [-0.39, 0.29) is 17.7 Å². The molecule has 0 radical (unpaired) electrons. The largest absolute Gasteiger partial charge is 0.453 e. The van der Waals surface area contributed by atoms with Crippen LogP contribution in [-0.2, 0) is 32.0 Å². The lowest BCUT2D eigenvalue weighted by atomic mass is 9.86. The van der Waals surface area contributed by atoms with Crippen LogP contribution < -0.4 is 21.4 Å². The van der Waals surface area contributed by atoms with Gasteiger partial charge in [0.2, 0.25) is 5.91 Å². The molecule has 284 valence electrons. The predicted octanol–water partition coefficient (Wildman–Crippen LogP) is 5.45. The molecule has 1 unspecified atom stereocenters. The molecule has 0 bridgehead atoms. The van der Waals surface area contributed by atoms with Gasteiger partial charge in [0.25, 0.3) is 5.91 Å². The Morgan fingerprint density at radius 1 is 0.731 bits per heavy atom. The smallest absolute Gasteiger partial charge is 0.407 e. The van der Waals surface area contributed by atoms with Crippen LogP contribution in [0.4, 0.5) is 9.59 Å². The average Bonchev–Trinajstić information content (AvgIpc) is 3.12.